The van der Waals surface area contributed by atoms with Crippen LogP contribution in [0.5, 0.6) is 11.5 Å². The van der Waals surface area contributed by atoms with Gasteiger partial charge in [0.1, 0.15) is 4.90 Å². The molecule has 1 saturated heterocycles. The van der Waals surface area contributed by atoms with Gasteiger partial charge < -0.3 is 8.92 Å². The van der Waals surface area contributed by atoms with Gasteiger partial charge in [-0.05, 0) is 65.4 Å². The quantitative estimate of drug-likeness (QED) is 0.241. The van der Waals surface area contributed by atoms with Crippen LogP contribution in [0.15, 0.2) is 81.0 Å². The topological polar surface area (TPSA) is 90.0 Å². The van der Waals surface area contributed by atoms with Gasteiger partial charge in [0, 0.05) is 4.47 Å². The molecule has 7 nitrogen and oxygen atoms in total. The molecule has 0 aliphatic carbocycles. The number of hydrogen-bond donors (Lipinski definition) is 0. The third-order valence-corrected chi connectivity index (χ3v) is 7.85. The molecule has 11 heteroatoms. The molecule has 1 aliphatic heterocycles. The number of amides is 2. The van der Waals surface area contributed by atoms with Crippen molar-refractivity contribution < 1.29 is 26.9 Å². The van der Waals surface area contributed by atoms with Crippen molar-refractivity contribution in [3.8, 4) is 11.5 Å². The summed E-state index contributed by atoms with van der Waals surface area (Å²) in [7, 11) is -2.82. The highest BCUT2D eigenvalue weighted by atomic mass is 79.9. The van der Waals surface area contributed by atoms with E-state index in [1.54, 1.807) is 18.2 Å². The van der Waals surface area contributed by atoms with Crippen LogP contribution in [-0.4, -0.2) is 31.6 Å². The summed E-state index contributed by atoms with van der Waals surface area (Å²) in [5.41, 5.74) is 1.24. The van der Waals surface area contributed by atoms with Crippen LogP contribution in [0.2, 0.25) is 5.02 Å². The fourth-order valence-electron chi connectivity index (χ4n) is 3.21. The Hall–Kier alpha value is -2.79. The maximum atomic E-state index is 12.9. The van der Waals surface area contributed by atoms with E-state index in [1.807, 2.05) is 24.3 Å². The molecule has 0 atom stereocenters. The van der Waals surface area contributed by atoms with E-state index in [0.29, 0.717) is 5.56 Å². The van der Waals surface area contributed by atoms with Crippen molar-refractivity contribution in [1.82, 2.24) is 4.90 Å². The molecule has 0 saturated carbocycles. The van der Waals surface area contributed by atoms with E-state index >= 15 is 0 Å². The number of ether oxygens (including phenoxy) is 1. The van der Waals surface area contributed by atoms with Gasteiger partial charge in [0.25, 0.3) is 11.1 Å². The van der Waals surface area contributed by atoms with Gasteiger partial charge in [0.15, 0.2) is 5.75 Å². The number of methoxy groups -OCH3 is 1. The summed E-state index contributed by atoms with van der Waals surface area (Å²) < 4.78 is 36.7. The lowest BCUT2D eigenvalue weighted by molar-refractivity contribution is -0.123. The van der Waals surface area contributed by atoms with E-state index in [0.717, 1.165) is 26.7 Å². The second kappa shape index (κ2) is 10.4. The Bertz CT molecular complexity index is 1430. The summed E-state index contributed by atoms with van der Waals surface area (Å²) in [4.78, 5) is 26.7. The van der Waals surface area contributed by atoms with Crippen LogP contribution in [0.25, 0.3) is 6.08 Å². The molecule has 1 heterocycles. The monoisotopic (exact) mass is 593 g/mol. The molecule has 0 aromatic heterocycles. The minimum Gasteiger partial charge on any atom is -0.493 e. The molecule has 180 valence electrons. The lowest BCUT2D eigenvalue weighted by Crippen LogP contribution is -2.27. The lowest BCUT2D eigenvalue weighted by Gasteiger charge is -2.13. The van der Waals surface area contributed by atoms with Crippen LogP contribution in [0.1, 0.15) is 11.1 Å². The Kier molecular flexibility index (Phi) is 7.56. The average molecular weight is 595 g/mol. The van der Waals surface area contributed by atoms with Gasteiger partial charge in [-0.2, -0.15) is 8.42 Å². The molecule has 3 aromatic carbocycles. The van der Waals surface area contributed by atoms with E-state index in [-0.39, 0.29) is 32.9 Å². The summed E-state index contributed by atoms with van der Waals surface area (Å²) in [6, 6.07) is 17.8. The number of carbonyl (C=O) groups excluding carboxylic acids is 2. The second-order valence-corrected chi connectivity index (χ2v) is 11.1. The summed E-state index contributed by atoms with van der Waals surface area (Å²) in [6.07, 6.45) is 1.50. The van der Waals surface area contributed by atoms with Crippen molar-refractivity contribution in [1.29, 1.82) is 0 Å². The normalized spacial score (nSPS) is 15.1. The molecule has 0 bridgehead atoms. The smallest absolute Gasteiger partial charge is 0.339 e. The highest BCUT2D eigenvalue weighted by molar-refractivity contribution is 9.10. The third-order valence-electron chi connectivity index (χ3n) is 4.90. The zero-order valence-corrected chi connectivity index (χ0v) is 22.1. The Morgan fingerprint density at radius 2 is 1.74 bits per heavy atom. The van der Waals surface area contributed by atoms with Crippen LogP contribution in [0.3, 0.4) is 0 Å². The maximum Gasteiger partial charge on any atom is 0.339 e. The lowest BCUT2D eigenvalue weighted by atomic mass is 10.1. The second-order valence-electron chi connectivity index (χ2n) is 7.28. The van der Waals surface area contributed by atoms with Gasteiger partial charge in [-0.15, -0.1) is 0 Å². The van der Waals surface area contributed by atoms with Gasteiger partial charge >= 0.3 is 10.1 Å². The standard InChI is InChI=1S/C24H17BrClNO6S2/c1-32-20-12-16(11-19(26)22(20)33-35(30,31)18-5-3-2-4-6-18)13-21-23(28)27(24(29)34-21)14-15-7-9-17(25)10-8-15/h2-13H,14H2,1H3/b21-13-. The van der Waals surface area contributed by atoms with Crippen LogP contribution in [0, 0.1) is 0 Å². The Labute approximate surface area is 219 Å². The molecular weight excluding hydrogens is 578 g/mol. The summed E-state index contributed by atoms with van der Waals surface area (Å²) in [5.74, 6) is -0.569. The van der Waals surface area contributed by atoms with Crippen LogP contribution in [-0.2, 0) is 21.5 Å². The van der Waals surface area contributed by atoms with Gasteiger partial charge in [-0.25, -0.2) is 0 Å². The summed E-state index contributed by atoms with van der Waals surface area (Å²) in [5, 5.41) is -0.430. The first-order valence-corrected chi connectivity index (χ1v) is 13.4. The zero-order chi connectivity index (χ0) is 25.2. The first kappa shape index (κ1) is 25.3. The highest BCUT2D eigenvalue weighted by Gasteiger charge is 2.35. The molecule has 0 unspecified atom stereocenters. The van der Waals surface area contributed by atoms with Crippen molar-refractivity contribution in [2.24, 2.45) is 0 Å². The minimum absolute atomic E-state index is 0.0378. The van der Waals surface area contributed by atoms with E-state index in [9.17, 15) is 18.0 Å². The first-order valence-electron chi connectivity index (χ1n) is 10.0. The number of rotatable bonds is 7. The fourth-order valence-corrected chi connectivity index (χ4v) is 5.59. The molecule has 0 N–H and O–H groups in total. The number of carbonyl (C=O) groups is 2. The number of halogens is 2. The molecule has 4 rings (SSSR count). The number of imide groups is 1. The van der Waals surface area contributed by atoms with Crippen LogP contribution in [0.4, 0.5) is 4.79 Å². The molecule has 1 fully saturated rings. The zero-order valence-electron chi connectivity index (χ0n) is 18.1. The third kappa shape index (κ3) is 5.72. The molecule has 0 radical (unpaired) electrons. The van der Waals surface area contributed by atoms with Crippen molar-refractivity contribution in [2.75, 3.05) is 7.11 Å². The van der Waals surface area contributed by atoms with Crippen LogP contribution >= 0.6 is 39.3 Å². The largest absolute Gasteiger partial charge is 0.493 e. The Morgan fingerprint density at radius 3 is 2.40 bits per heavy atom. The molecule has 0 spiro atoms. The first-order chi connectivity index (χ1) is 16.7. The SMILES string of the molecule is COc1cc(/C=C2\SC(=O)N(Cc3ccc(Br)cc3)C2=O)cc(Cl)c1OS(=O)(=O)c1ccccc1. The van der Waals surface area contributed by atoms with Crippen molar-refractivity contribution in [3.63, 3.8) is 0 Å². The molecule has 3 aromatic rings. The number of benzene rings is 3. The van der Waals surface area contributed by atoms with E-state index in [2.05, 4.69) is 15.9 Å². The molecular formula is C24H17BrClNO6S2. The molecule has 2 amide bonds. The van der Waals surface area contributed by atoms with Gasteiger partial charge in [-0.3, -0.25) is 14.5 Å². The predicted octanol–water partition coefficient (Wildman–Crippen LogP) is 6.12. The predicted molar refractivity (Wildman–Crippen MR) is 138 cm³/mol. The average Bonchev–Trinajstić information content (AvgIpc) is 3.09. The Balaban J connectivity index is 1.59. The van der Waals surface area contributed by atoms with Gasteiger partial charge in [0.05, 0.1) is 23.6 Å². The van der Waals surface area contributed by atoms with E-state index < -0.39 is 21.3 Å². The molecule has 1 aliphatic rings. The van der Waals surface area contributed by atoms with Crippen molar-refractivity contribution in [3.05, 3.63) is 92.3 Å². The van der Waals surface area contributed by atoms with E-state index in [4.69, 9.17) is 20.5 Å². The fraction of sp³-hybridized carbons (Fsp3) is 0.0833. The van der Waals surface area contributed by atoms with Crippen LogP contribution < -0.4 is 8.92 Å². The summed E-state index contributed by atoms with van der Waals surface area (Å²) in [6.45, 7) is 0.142. The number of nitrogens with zero attached hydrogens (tertiary/aromatic N) is 1. The van der Waals surface area contributed by atoms with Gasteiger partial charge in [0.2, 0.25) is 5.75 Å². The van der Waals surface area contributed by atoms with E-state index in [1.165, 1.54) is 37.5 Å². The van der Waals surface area contributed by atoms with Crippen molar-refractivity contribution >= 4 is 66.6 Å². The maximum absolute atomic E-state index is 12.9. The summed E-state index contributed by atoms with van der Waals surface area (Å²) >= 11 is 10.5. The molecule has 35 heavy (non-hydrogen) atoms. The Morgan fingerprint density at radius 1 is 1.06 bits per heavy atom. The number of thioether (sulfide) groups is 1. The number of hydrogen-bond acceptors (Lipinski definition) is 7. The van der Waals surface area contributed by atoms with Gasteiger partial charge in [-0.1, -0.05) is 57.9 Å². The van der Waals surface area contributed by atoms with Crippen molar-refractivity contribution in [2.45, 2.75) is 11.4 Å². The highest BCUT2D eigenvalue weighted by Crippen LogP contribution is 2.40. The minimum atomic E-state index is -4.15.